The monoisotopic (exact) mass is 244 g/mol. The average molecular weight is 244 g/mol. The first-order chi connectivity index (χ1) is 8.60. The van der Waals surface area contributed by atoms with Crippen LogP contribution in [-0.2, 0) is 6.42 Å². The molecule has 3 nitrogen and oxygen atoms in total. The highest BCUT2D eigenvalue weighted by molar-refractivity contribution is 5.95. The van der Waals surface area contributed by atoms with Crippen molar-refractivity contribution in [1.29, 1.82) is 0 Å². The largest absolute Gasteiger partial charge is 0.366 e. The first kappa shape index (κ1) is 14.2. The summed E-state index contributed by atoms with van der Waals surface area (Å²) in [6, 6.07) is 1.85. The van der Waals surface area contributed by atoms with Crippen LogP contribution in [0.4, 0.5) is 0 Å². The zero-order chi connectivity index (χ0) is 13.5. The quantitative estimate of drug-likeness (QED) is 0.810. The molecule has 0 saturated heterocycles. The van der Waals surface area contributed by atoms with E-state index in [1.807, 2.05) is 13.0 Å². The van der Waals surface area contributed by atoms with Gasteiger partial charge in [-0.2, -0.15) is 0 Å². The zero-order valence-corrected chi connectivity index (χ0v) is 11.2. The van der Waals surface area contributed by atoms with Gasteiger partial charge in [0.2, 0.25) is 0 Å². The van der Waals surface area contributed by atoms with Crippen LogP contribution in [0.25, 0.3) is 0 Å². The van der Waals surface area contributed by atoms with E-state index in [1.165, 1.54) is 5.57 Å². The molecule has 96 valence electrons. The Morgan fingerprint density at radius 1 is 1.50 bits per heavy atom. The van der Waals surface area contributed by atoms with Gasteiger partial charge in [0.05, 0.1) is 11.3 Å². The van der Waals surface area contributed by atoms with E-state index < -0.39 is 5.91 Å². The van der Waals surface area contributed by atoms with Gasteiger partial charge < -0.3 is 5.73 Å². The van der Waals surface area contributed by atoms with Crippen LogP contribution in [0.5, 0.6) is 0 Å². The SMILES string of the molecule is CC=C(C=CCc1ccnc(C)c1C(N)=O)CC. The lowest BCUT2D eigenvalue weighted by Gasteiger charge is -2.06. The number of nitrogens with zero attached hydrogens (tertiary/aromatic N) is 1. The molecule has 1 rings (SSSR count). The second kappa shape index (κ2) is 6.74. The molecule has 0 bridgehead atoms. The molecule has 0 spiro atoms. The molecule has 0 fully saturated rings. The maximum atomic E-state index is 11.4. The molecule has 3 heteroatoms. The second-order valence-corrected chi connectivity index (χ2v) is 4.12. The number of pyridine rings is 1. The van der Waals surface area contributed by atoms with Crippen LogP contribution >= 0.6 is 0 Å². The van der Waals surface area contributed by atoms with E-state index in [4.69, 9.17) is 5.73 Å². The van der Waals surface area contributed by atoms with Gasteiger partial charge in [0.1, 0.15) is 0 Å². The molecule has 0 radical (unpaired) electrons. The fraction of sp³-hybridized carbons (Fsp3) is 0.333. The Balaban J connectivity index is 2.92. The number of amides is 1. The molecule has 2 N–H and O–H groups in total. The average Bonchev–Trinajstić information content (AvgIpc) is 2.34. The molecule has 0 aliphatic heterocycles. The van der Waals surface area contributed by atoms with Gasteiger partial charge in [0, 0.05) is 6.20 Å². The Hall–Kier alpha value is -1.90. The number of primary amides is 1. The Kier molecular flexibility index (Phi) is 5.31. The Morgan fingerprint density at radius 2 is 2.22 bits per heavy atom. The van der Waals surface area contributed by atoms with Crippen LogP contribution in [0.3, 0.4) is 0 Å². The third-order valence-corrected chi connectivity index (χ3v) is 2.92. The molecule has 0 unspecified atom stereocenters. The Morgan fingerprint density at radius 3 is 2.78 bits per heavy atom. The number of nitrogens with two attached hydrogens (primary N) is 1. The number of aryl methyl sites for hydroxylation is 1. The summed E-state index contributed by atoms with van der Waals surface area (Å²) in [5, 5.41) is 0. The molecule has 1 heterocycles. The predicted octanol–water partition coefficient (Wildman–Crippen LogP) is 2.94. The number of rotatable bonds is 5. The Bertz CT molecular complexity index is 487. The van der Waals surface area contributed by atoms with E-state index in [1.54, 1.807) is 13.1 Å². The zero-order valence-electron chi connectivity index (χ0n) is 11.2. The number of aromatic nitrogens is 1. The summed E-state index contributed by atoms with van der Waals surface area (Å²) in [4.78, 5) is 15.5. The van der Waals surface area contributed by atoms with Crippen molar-refractivity contribution in [2.45, 2.75) is 33.6 Å². The normalized spacial score (nSPS) is 12.1. The minimum absolute atomic E-state index is 0.411. The van der Waals surface area contributed by atoms with Gasteiger partial charge >= 0.3 is 0 Å². The number of carbonyl (C=O) groups is 1. The standard InChI is InChI=1S/C15H20N2O/c1-4-12(5-2)7-6-8-13-9-10-17-11(3)14(13)15(16)18/h4,6-7,9-10H,5,8H2,1-3H3,(H2,16,18). The van der Waals surface area contributed by atoms with Crippen LogP contribution in [-0.4, -0.2) is 10.9 Å². The van der Waals surface area contributed by atoms with Crippen LogP contribution in [0.1, 0.15) is 41.9 Å². The maximum absolute atomic E-state index is 11.4. The molecule has 0 atom stereocenters. The fourth-order valence-electron chi connectivity index (χ4n) is 1.88. The molecule has 18 heavy (non-hydrogen) atoms. The summed E-state index contributed by atoms with van der Waals surface area (Å²) in [5.41, 5.74) is 8.82. The van der Waals surface area contributed by atoms with Gasteiger partial charge in [0.15, 0.2) is 0 Å². The number of allylic oxidation sites excluding steroid dienone is 4. The molecule has 0 aromatic carbocycles. The minimum Gasteiger partial charge on any atom is -0.366 e. The molecule has 0 aliphatic rings. The number of carbonyl (C=O) groups excluding carboxylic acids is 1. The van der Waals surface area contributed by atoms with Crippen molar-refractivity contribution in [2.24, 2.45) is 5.73 Å². The Labute approximate surface area is 108 Å². The van der Waals surface area contributed by atoms with E-state index >= 15 is 0 Å². The van der Waals surface area contributed by atoms with Gasteiger partial charge in [-0.15, -0.1) is 0 Å². The first-order valence-corrected chi connectivity index (χ1v) is 6.16. The fourth-order valence-corrected chi connectivity index (χ4v) is 1.88. The third-order valence-electron chi connectivity index (χ3n) is 2.92. The summed E-state index contributed by atoms with van der Waals surface area (Å²) in [5.74, 6) is -0.411. The van der Waals surface area contributed by atoms with Crippen molar-refractivity contribution in [3.05, 3.63) is 52.9 Å². The van der Waals surface area contributed by atoms with E-state index in [2.05, 4.69) is 30.1 Å². The third kappa shape index (κ3) is 3.55. The minimum atomic E-state index is -0.411. The smallest absolute Gasteiger partial charge is 0.250 e. The molecular formula is C15H20N2O. The van der Waals surface area contributed by atoms with Crippen LogP contribution in [0.15, 0.2) is 36.1 Å². The summed E-state index contributed by atoms with van der Waals surface area (Å²) < 4.78 is 0. The van der Waals surface area contributed by atoms with Gasteiger partial charge in [0.25, 0.3) is 5.91 Å². The van der Waals surface area contributed by atoms with E-state index in [9.17, 15) is 4.79 Å². The summed E-state index contributed by atoms with van der Waals surface area (Å²) in [6.45, 7) is 5.94. The highest BCUT2D eigenvalue weighted by Crippen LogP contribution is 2.13. The topological polar surface area (TPSA) is 56.0 Å². The lowest BCUT2D eigenvalue weighted by molar-refractivity contribution is 0.0998. The van der Waals surface area contributed by atoms with Crippen LogP contribution in [0.2, 0.25) is 0 Å². The van der Waals surface area contributed by atoms with E-state index in [0.717, 1.165) is 12.0 Å². The summed E-state index contributed by atoms with van der Waals surface area (Å²) in [7, 11) is 0. The van der Waals surface area contributed by atoms with Crippen molar-refractivity contribution in [3.8, 4) is 0 Å². The molecular weight excluding hydrogens is 224 g/mol. The van der Waals surface area contributed by atoms with Crippen molar-refractivity contribution < 1.29 is 4.79 Å². The molecule has 0 aliphatic carbocycles. The second-order valence-electron chi connectivity index (χ2n) is 4.12. The molecule has 0 saturated carbocycles. The van der Waals surface area contributed by atoms with Crippen LogP contribution < -0.4 is 5.73 Å². The van der Waals surface area contributed by atoms with Gasteiger partial charge in [-0.1, -0.05) is 30.7 Å². The maximum Gasteiger partial charge on any atom is 0.250 e. The number of hydrogen-bond acceptors (Lipinski definition) is 2. The summed E-state index contributed by atoms with van der Waals surface area (Å²) >= 11 is 0. The van der Waals surface area contributed by atoms with E-state index in [-0.39, 0.29) is 0 Å². The number of hydrogen-bond donors (Lipinski definition) is 1. The first-order valence-electron chi connectivity index (χ1n) is 6.16. The van der Waals surface area contributed by atoms with E-state index in [0.29, 0.717) is 17.7 Å². The van der Waals surface area contributed by atoms with Gasteiger partial charge in [-0.25, -0.2) is 0 Å². The van der Waals surface area contributed by atoms with Gasteiger partial charge in [-0.05, 0) is 38.3 Å². The molecule has 1 amide bonds. The lowest BCUT2D eigenvalue weighted by atomic mass is 10.0. The molecule has 1 aromatic heterocycles. The van der Waals surface area contributed by atoms with Crippen molar-refractivity contribution >= 4 is 5.91 Å². The van der Waals surface area contributed by atoms with Crippen molar-refractivity contribution in [2.75, 3.05) is 0 Å². The lowest BCUT2D eigenvalue weighted by Crippen LogP contribution is -2.16. The molecule has 1 aromatic rings. The highest BCUT2D eigenvalue weighted by Gasteiger charge is 2.10. The van der Waals surface area contributed by atoms with Crippen molar-refractivity contribution in [1.82, 2.24) is 4.98 Å². The van der Waals surface area contributed by atoms with Crippen molar-refractivity contribution in [3.63, 3.8) is 0 Å². The summed E-state index contributed by atoms with van der Waals surface area (Å²) in [6.07, 6.45) is 9.63. The predicted molar refractivity (Wildman–Crippen MR) is 74.4 cm³/mol. The van der Waals surface area contributed by atoms with Crippen LogP contribution in [0, 0.1) is 6.92 Å². The highest BCUT2D eigenvalue weighted by atomic mass is 16.1. The van der Waals surface area contributed by atoms with Gasteiger partial charge in [-0.3, -0.25) is 9.78 Å².